The van der Waals surface area contributed by atoms with E-state index in [0.29, 0.717) is 29.8 Å². The second-order valence-electron chi connectivity index (χ2n) is 8.38. The van der Waals surface area contributed by atoms with Crippen molar-refractivity contribution in [1.29, 1.82) is 0 Å². The van der Waals surface area contributed by atoms with Crippen molar-refractivity contribution in [2.24, 2.45) is 12.5 Å². The molecule has 0 spiro atoms. The van der Waals surface area contributed by atoms with E-state index in [2.05, 4.69) is 24.1 Å². The predicted octanol–water partition coefficient (Wildman–Crippen LogP) is 2.58. The molecular formula is C21H23N3O3. The van der Waals surface area contributed by atoms with Crippen molar-refractivity contribution in [2.75, 3.05) is 5.32 Å². The summed E-state index contributed by atoms with van der Waals surface area (Å²) in [6, 6.07) is 7.87. The van der Waals surface area contributed by atoms with Gasteiger partial charge in [0.15, 0.2) is 5.78 Å². The predicted molar refractivity (Wildman–Crippen MR) is 104 cm³/mol. The SMILES string of the molecule is Cc1ccc(C2C3=C(CC(C)(C)CC3=O)Nc3c2c(=O)[nH]c(=O)n3C)cc1. The number of ketones is 1. The summed E-state index contributed by atoms with van der Waals surface area (Å²) in [4.78, 5) is 40.4. The van der Waals surface area contributed by atoms with Crippen molar-refractivity contribution in [3.8, 4) is 0 Å². The van der Waals surface area contributed by atoms with Crippen LogP contribution in [0.5, 0.6) is 0 Å². The Morgan fingerprint density at radius 3 is 2.41 bits per heavy atom. The van der Waals surface area contributed by atoms with Crippen LogP contribution in [0.4, 0.5) is 5.82 Å². The molecule has 0 saturated carbocycles. The number of rotatable bonds is 1. The second-order valence-corrected chi connectivity index (χ2v) is 8.38. The molecule has 0 radical (unpaired) electrons. The maximum atomic E-state index is 13.1. The molecular weight excluding hydrogens is 342 g/mol. The smallest absolute Gasteiger partial charge is 0.329 e. The number of carbonyl (C=O) groups is 1. The Hall–Kier alpha value is -2.89. The van der Waals surface area contributed by atoms with Crippen LogP contribution in [0.2, 0.25) is 0 Å². The lowest BCUT2D eigenvalue weighted by atomic mass is 9.69. The molecule has 1 atom stereocenters. The maximum absolute atomic E-state index is 13.1. The number of Topliss-reactive ketones (excluding diaryl/α,β-unsaturated/α-hetero) is 1. The van der Waals surface area contributed by atoms with E-state index < -0.39 is 17.2 Å². The van der Waals surface area contributed by atoms with Crippen molar-refractivity contribution in [2.45, 2.75) is 39.5 Å². The zero-order chi connectivity index (χ0) is 19.5. The van der Waals surface area contributed by atoms with Crippen LogP contribution in [0.1, 0.15) is 49.3 Å². The topological polar surface area (TPSA) is 84.0 Å². The number of fused-ring (bicyclic) bond motifs is 1. The highest BCUT2D eigenvalue weighted by Crippen LogP contribution is 2.47. The number of anilines is 1. The number of hydrogen-bond acceptors (Lipinski definition) is 4. The molecule has 140 valence electrons. The van der Waals surface area contributed by atoms with E-state index >= 15 is 0 Å². The van der Waals surface area contributed by atoms with Gasteiger partial charge in [0.2, 0.25) is 0 Å². The number of carbonyl (C=O) groups excluding carboxylic acids is 1. The minimum Gasteiger partial charge on any atom is -0.344 e. The van der Waals surface area contributed by atoms with Crippen molar-refractivity contribution in [1.82, 2.24) is 9.55 Å². The third kappa shape index (κ3) is 2.76. The summed E-state index contributed by atoms with van der Waals surface area (Å²) in [6.45, 7) is 6.11. The lowest BCUT2D eigenvalue weighted by Gasteiger charge is -2.39. The number of benzene rings is 1. The van der Waals surface area contributed by atoms with Crippen LogP contribution in [-0.2, 0) is 11.8 Å². The largest absolute Gasteiger partial charge is 0.344 e. The van der Waals surface area contributed by atoms with E-state index in [0.717, 1.165) is 16.8 Å². The van der Waals surface area contributed by atoms with Crippen molar-refractivity contribution >= 4 is 11.6 Å². The number of allylic oxidation sites excluding steroid dienone is 2. The van der Waals surface area contributed by atoms with Gasteiger partial charge in [-0.2, -0.15) is 0 Å². The number of nitrogens with zero attached hydrogens (tertiary/aromatic N) is 1. The molecule has 27 heavy (non-hydrogen) atoms. The molecule has 2 heterocycles. The Labute approximate surface area is 156 Å². The average Bonchev–Trinajstić information content (AvgIpc) is 2.57. The Bertz CT molecular complexity index is 1100. The Balaban J connectivity index is 2.04. The van der Waals surface area contributed by atoms with Crippen molar-refractivity contribution in [3.63, 3.8) is 0 Å². The van der Waals surface area contributed by atoms with Gasteiger partial charge in [-0.3, -0.25) is 19.1 Å². The standard InChI is InChI=1S/C21H23N3O3/c1-11-5-7-12(8-6-11)15-16-13(9-21(2,3)10-14(16)25)22-18-17(15)19(26)23-20(27)24(18)4/h5-8,15,22H,9-10H2,1-4H3,(H,23,26,27). The fraction of sp³-hybridized carbons (Fsp3) is 0.381. The van der Waals surface area contributed by atoms with E-state index in [-0.39, 0.29) is 11.2 Å². The van der Waals surface area contributed by atoms with Crippen molar-refractivity contribution < 1.29 is 4.79 Å². The van der Waals surface area contributed by atoms with Gasteiger partial charge >= 0.3 is 5.69 Å². The zero-order valence-corrected chi connectivity index (χ0v) is 16.0. The first-order valence-electron chi connectivity index (χ1n) is 9.11. The summed E-state index contributed by atoms with van der Waals surface area (Å²) in [5, 5.41) is 3.25. The van der Waals surface area contributed by atoms with Gasteiger partial charge in [-0.05, 0) is 24.3 Å². The highest BCUT2D eigenvalue weighted by Gasteiger charge is 2.42. The van der Waals surface area contributed by atoms with E-state index in [1.807, 2.05) is 31.2 Å². The van der Waals surface area contributed by atoms with Gasteiger partial charge in [-0.25, -0.2) is 4.79 Å². The monoisotopic (exact) mass is 365 g/mol. The average molecular weight is 365 g/mol. The van der Waals surface area contributed by atoms with Gasteiger partial charge in [0.25, 0.3) is 5.56 Å². The summed E-state index contributed by atoms with van der Waals surface area (Å²) in [7, 11) is 1.62. The van der Waals surface area contributed by atoms with Gasteiger partial charge in [0.05, 0.1) is 5.56 Å². The van der Waals surface area contributed by atoms with Crippen LogP contribution >= 0.6 is 0 Å². The molecule has 2 aliphatic rings. The molecule has 1 aromatic carbocycles. The molecule has 6 nitrogen and oxygen atoms in total. The fourth-order valence-corrected chi connectivity index (χ4v) is 4.22. The van der Waals surface area contributed by atoms with E-state index in [4.69, 9.17) is 0 Å². The summed E-state index contributed by atoms with van der Waals surface area (Å²) in [5.41, 5.74) is 2.78. The van der Waals surface area contributed by atoms with Crippen LogP contribution in [0, 0.1) is 12.3 Å². The summed E-state index contributed by atoms with van der Waals surface area (Å²) in [6.07, 6.45) is 1.13. The minimum absolute atomic E-state index is 0.0539. The third-order valence-corrected chi connectivity index (χ3v) is 5.54. The molecule has 0 amide bonds. The summed E-state index contributed by atoms with van der Waals surface area (Å²) < 4.78 is 1.41. The minimum atomic E-state index is -0.476. The van der Waals surface area contributed by atoms with Gasteiger partial charge in [0, 0.05) is 30.7 Å². The Morgan fingerprint density at radius 2 is 1.74 bits per heavy atom. The lowest BCUT2D eigenvalue weighted by molar-refractivity contribution is -0.118. The number of aromatic nitrogens is 2. The quantitative estimate of drug-likeness (QED) is 0.814. The fourth-order valence-electron chi connectivity index (χ4n) is 4.22. The van der Waals surface area contributed by atoms with Crippen LogP contribution < -0.4 is 16.6 Å². The maximum Gasteiger partial charge on any atom is 0.329 e. The molecule has 1 aliphatic heterocycles. The number of aryl methyl sites for hydroxylation is 1. The molecule has 2 N–H and O–H groups in total. The first-order chi connectivity index (χ1) is 12.7. The van der Waals surface area contributed by atoms with E-state index in [9.17, 15) is 14.4 Å². The normalized spacial score (nSPS) is 20.7. The number of aromatic amines is 1. The second kappa shape index (κ2) is 5.81. The number of hydrogen-bond donors (Lipinski definition) is 2. The van der Waals surface area contributed by atoms with Crippen LogP contribution in [0.15, 0.2) is 45.1 Å². The van der Waals surface area contributed by atoms with Gasteiger partial charge in [0.1, 0.15) is 5.82 Å². The zero-order valence-electron chi connectivity index (χ0n) is 16.0. The van der Waals surface area contributed by atoms with Crippen LogP contribution in [-0.4, -0.2) is 15.3 Å². The van der Waals surface area contributed by atoms with Crippen LogP contribution in [0.25, 0.3) is 0 Å². The lowest BCUT2D eigenvalue weighted by Crippen LogP contribution is -2.41. The summed E-state index contributed by atoms with van der Waals surface area (Å²) >= 11 is 0. The van der Waals surface area contributed by atoms with E-state index in [1.165, 1.54) is 4.57 Å². The van der Waals surface area contributed by atoms with Gasteiger partial charge in [-0.1, -0.05) is 43.7 Å². The highest BCUT2D eigenvalue weighted by atomic mass is 16.2. The van der Waals surface area contributed by atoms with Gasteiger partial charge < -0.3 is 5.32 Å². The molecule has 0 saturated heterocycles. The van der Waals surface area contributed by atoms with Gasteiger partial charge in [-0.15, -0.1) is 0 Å². The Kier molecular flexibility index (Phi) is 3.77. The molecule has 1 aliphatic carbocycles. The molecule has 4 rings (SSSR count). The number of H-pyrrole nitrogens is 1. The Morgan fingerprint density at radius 1 is 1.07 bits per heavy atom. The number of nitrogens with one attached hydrogen (secondary N) is 2. The molecule has 0 bridgehead atoms. The summed E-state index contributed by atoms with van der Waals surface area (Å²) in [5.74, 6) is 0.0489. The van der Waals surface area contributed by atoms with Crippen LogP contribution in [0.3, 0.4) is 0 Å². The molecule has 1 unspecified atom stereocenters. The molecule has 2 aromatic rings. The van der Waals surface area contributed by atoms with Crippen molar-refractivity contribution in [3.05, 3.63) is 73.1 Å². The third-order valence-electron chi connectivity index (χ3n) is 5.54. The first kappa shape index (κ1) is 17.5. The molecule has 0 fully saturated rings. The first-order valence-corrected chi connectivity index (χ1v) is 9.11. The highest BCUT2D eigenvalue weighted by molar-refractivity contribution is 6.01. The molecule has 6 heteroatoms. The molecule has 1 aromatic heterocycles. The van der Waals surface area contributed by atoms with E-state index in [1.54, 1.807) is 7.05 Å².